The molecular weight excluding hydrogens is 467 g/mol. The van der Waals surface area contributed by atoms with E-state index in [1.807, 2.05) is 21.1 Å². The molecule has 35 heavy (non-hydrogen) atoms. The van der Waals surface area contributed by atoms with E-state index in [1.54, 1.807) is 6.92 Å². The largest absolute Gasteiger partial charge is 0.472 e. The van der Waals surface area contributed by atoms with Gasteiger partial charge in [-0.25, -0.2) is 9.36 Å². The molecule has 0 bridgehead atoms. The Bertz CT molecular complexity index is 556. The van der Waals surface area contributed by atoms with Crippen molar-refractivity contribution in [3.05, 3.63) is 0 Å². The summed E-state index contributed by atoms with van der Waals surface area (Å²) in [4.78, 5) is 21.8. The molecule has 0 aromatic carbocycles. The second-order valence-corrected chi connectivity index (χ2v) is 12.0. The standard InChI is InChI=1S/C26H55N2O6P/c1-6-8-9-10-11-12-13-14-15-16-17-18-19-20-21-25(24-32-26(29)27-7-2)34-35(30,31)33-23-22-28(3,4)5/h25H,6-24H2,1-5H3,(H-,27,29,30,31)/p+1. The van der Waals surface area contributed by atoms with Gasteiger partial charge < -0.3 is 19.4 Å². The lowest BCUT2D eigenvalue weighted by atomic mass is 10.0. The van der Waals surface area contributed by atoms with Crippen LogP contribution in [0.1, 0.15) is 110 Å². The number of hydrogen-bond acceptors (Lipinski definition) is 5. The maximum absolute atomic E-state index is 12.4. The van der Waals surface area contributed by atoms with Gasteiger partial charge in [-0.15, -0.1) is 0 Å². The van der Waals surface area contributed by atoms with Gasteiger partial charge in [-0.1, -0.05) is 96.8 Å². The summed E-state index contributed by atoms with van der Waals surface area (Å²) in [6.07, 6.45) is 17.0. The Hall–Kier alpha value is -0.660. The maximum atomic E-state index is 12.4. The summed E-state index contributed by atoms with van der Waals surface area (Å²) in [6.45, 7) is 5.12. The number of phosphoric ester groups is 1. The van der Waals surface area contributed by atoms with Gasteiger partial charge in [0.1, 0.15) is 25.9 Å². The molecule has 1 amide bonds. The van der Waals surface area contributed by atoms with Crippen LogP contribution in [0, 0.1) is 0 Å². The molecule has 0 fully saturated rings. The second-order valence-electron chi connectivity index (χ2n) is 10.6. The minimum absolute atomic E-state index is 0.0759. The Morgan fingerprint density at radius 1 is 0.857 bits per heavy atom. The molecule has 0 saturated carbocycles. The van der Waals surface area contributed by atoms with Crippen LogP contribution in [0.5, 0.6) is 0 Å². The number of amides is 1. The van der Waals surface area contributed by atoms with Crippen LogP contribution in [-0.4, -0.2) is 69.0 Å². The molecule has 2 N–H and O–H groups in total. The normalized spacial score (nSPS) is 14.5. The molecule has 2 unspecified atom stereocenters. The zero-order chi connectivity index (χ0) is 26.4. The molecule has 0 aromatic rings. The first-order chi connectivity index (χ1) is 16.6. The average molecular weight is 524 g/mol. The number of carbonyl (C=O) groups is 1. The Morgan fingerprint density at radius 3 is 1.80 bits per heavy atom. The third kappa shape index (κ3) is 24.8. The highest BCUT2D eigenvalue weighted by Gasteiger charge is 2.28. The number of nitrogens with zero attached hydrogens (tertiary/aromatic N) is 1. The number of phosphoric acid groups is 1. The Kier molecular flexibility index (Phi) is 21.0. The van der Waals surface area contributed by atoms with E-state index in [9.17, 15) is 14.3 Å². The number of hydrogen-bond donors (Lipinski definition) is 2. The molecule has 0 aliphatic heterocycles. The van der Waals surface area contributed by atoms with Gasteiger partial charge in [0, 0.05) is 6.54 Å². The van der Waals surface area contributed by atoms with Gasteiger partial charge in [-0.05, 0) is 13.3 Å². The predicted molar refractivity (Wildman–Crippen MR) is 144 cm³/mol. The zero-order valence-corrected chi connectivity index (χ0v) is 24.3. The van der Waals surface area contributed by atoms with E-state index in [0.29, 0.717) is 24.0 Å². The number of unbranched alkanes of at least 4 members (excludes halogenated alkanes) is 13. The predicted octanol–water partition coefficient (Wildman–Crippen LogP) is 6.81. The van der Waals surface area contributed by atoms with E-state index in [0.717, 1.165) is 19.3 Å². The monoisotopic (exact) mass is 523 g/mol. The fourth-order valence-corrected chi connectivity index (χ4v) is 4.66. The van der Waals surface area contributed by atoms with E-state index in [4.69, 9.17) is 13.8 Å². The Balaban J connectivity index is 4.11. The van der Waals surface area contributed by atoms with Crippen LogP contribution in [0.15, 0.2) is 0 Å². The Morgan fingerprint density at radius 2 is 1.34 bits per heavy atom. The summed E-state index contributed by atoms with van der Waals surface area (Å²) < 4.78 is 28.6. The summed E-state index contributed by atoms with van der Waals surface area (Å²) in [7, 11) is 1.71. The number of alkyl carbamates (subject to hydrolysis) is 1. The summed E-state index contributed by atoms with van der Waals surface area (Å²) in [5.41, 5.74) is 0. The molecule has 2 atom stereocenters. The first-order valence-electron chi connectivity index (χ1n) is 14.0. The molecule has 0 heterocycles. The molecule has 9 heteroatoms. The van der Waals surface area contributed by atoms with Gasteiger partial charge in [0.05, 0.1) is 21.1 Å². The van der Waals surface area contributed by atoms with Crippen LogP contribution in [0.25, 0.3) is 0 Å². The number of rotatable bonds is 24. The molecule has 0 rings (SSSR count). The van der Waals surface area contributed by atoms with E-state index in [2.05, 4.69) is 12.2 Å². The van der Waals surface area contributed by atoms with Crippen LogP contribution < -0.4 is 5.32 Å². The molecule has 0 aliphatic carbocycles. The van der Waals surface area contributed by atoms with Gasteiger partial charge in [0.15, 0.2) is 0 Å². The van der Waals surface area contributed by atoms with Crippen molar-refractivity contribution in [3.63, 3.8) is 0 Å². The number of ether oxygens (including phenoxy) is 1. The quantitative estimate of drug-likeness (QED) is 0.0820. The lowest BCUT2D eigenvalue weighted by Gasteiger charge is -2.25. The Labute approximate surface area is 215 Å². The van der Waals surface area contributed by atoms with Crippen molar-refractivity contribution < 1.29 is 32.5 Å². The molecule has 0 saturated heterocycles. The fraction of sp³-hybridized carbons (Fsp3) is 0.962. The van der Waals surface area contributed by atoms with Gasteiger partial charge in [0.25, 0.3) is 0 Å². The van der Waals surface area contributed by atoms with Crippen molar-refractivity contribution in [1.82, 2.24) is 5.32 Å². The minimum atomic E-state index is -4.22. The molecule has 0 aromatic heterocycles. The van der Waals surface area contributed by atoms with Gasteiger partial charge >= 0.3 is 13.9 Å². The number of quaternary nitrogens is 1. The van der Waals surface area contributed by atoms with Crippen LogP contribution in [0.2, 0.25) is 0 Å². The lowest BCUT2D eigenvalue weighted by Crippen LogP contribution is -2.37. The maximum Gasteiger partial charge on any atom is 0.472 e. The number of carbonyl (C=O) groups excluding carboxylic acids is 1. The number of nitrogens with one attached hydrogen (secondary N) is 1. The van der Waals surface area contributed by atoms with Gasteiger partial charge in [-0.2, -0.15) is 0 Å². The molecule has 8 nitrogen and oxygen atoms in total. The molecule has 0 spiro atoms. The van der Waals surface area contributed by atoms with E-state index >= 15 is 0 Å². The first-order valence-corrected chi connectivity index (χ1v) is 15.5. The summed E-state index contributed by atoms with van der Waals surface area (Å²) in [5.74, 6) is 0. The highest BCUT2D eigenvalue weighted by Crippen LogP contribution is 2.45. The fourth-order valence-electron chi connectivity index (χ4n) is 3.75. The average Bonchev–Trinajstić information content (AvgIpc) is 2.76. The summed E-state index contributed by atoms with van der Waals surface area (Å²) in [5, 5.41) is 2.55. The van der Waals surface area contributed by atoms with E-state index in [1.165, 1.54) is 70.6 Å². The van der Waals surface area contributed by atoms with Crippen LogP contribution in [0.4, 0.5) is 4.79 Å². The summed E-state index contributed by atoms with van der Waals surface area (Å²) in [6, 6.07) is 0. The van der Waals surface area contributed by atoms with Crippen molar-refractivity contribution in [2.75, 3.05) is 47.4 Å². The zero-order valence-electron chi connectivity index (χ0n) is 23.4. The van der Waals surface area contributed by atoms with Crippen LogP contribution in [-0.2, 0) is 18.3 Å². The van der Waals surface area contributed by atoms with Crippen molar-refractivity contribution >= 4 is 13.9 Å². The smallest absolute Gasteiger partial charge is 0.447 e. The third-order valence-corrected chi connectivity index (χ3v) is 6.97. The SMILES string of the molecule is CCCCCCCCCCCCCCCCC(COC(=O)NCC)OP(=O)(O)OCC[N+](C)(C)C. The molecule has 210 valence electrons. The van der Waals surface area contributed by atoms with Crippen molar-refractivity contribution in [2.24, 2.45) is 0 Å². The summed E-state index contributed by atoms with van der Waals surface area (Å²) >= 11 is 0. The highest BCUT2D eigenvalue weighted by molar-refractivity contribution is 7.47. The van der Waals surface area contributed by atoms with Crippen molar-refractivity contribution in [3.8, 4) is 0 Å². The van der Waals surface area contributed by atoms with Crippen LogP contribution >= 0.6 is 7.82 Å². The molecule has 0 radical (unpaired) electrons. The van der Waals surface area contributed by atoms with Gasteiger partial charge in [-0.3, -0.25) is 9.05 Å². The van der Waals surface area contributed by atoms with Gasteiger partial charge in [0.2, 0.25) is 0 Å². The van der Waals surface area contributed by atoms with E-state index in [-0.39, 0.29) is 13.2 Å². The molecular formula is C26H56N2O6P+. The first kappa shape index (κ1) is 34.3. The second kappa shape index (κ2) is 21.4. The third-order valence-electron chi connectivity index (χ3n) is 5.90. The van der Waals surface area contributed by atoms with Crippen molar-refractivity contribution in [1.29, 1.82) is 0 Å². The highest BCUT2D eigenvalue weighted by atomic mass is 31.2. The van der Waals surface area contributed by atoms with E-state index < -0.39 is 20.0 Å². The lowest BCUT2D eigenvalue weighted by molar-refractivity contribution is -0.870. The van der Waals surface area contributed by atoms with Crippen molar-refractivity contribution in [2.45, 2.75) is 116 Å². The van der Waals surface area contributed by atoms with Crippen LogP contribution in [0.3, 0.4) is 0 Å². The topological polar surface area (TPSA) is 94.1 Å². The minimum Gasteiger partial charge on any atom is -0.447 e. The molecule has 0 aliphatic rings. The number of likely N-dealkylation sites (N-methyl/N-ethyl adjacent to an activating group) is 1.